The molecule has 2 bridgehead atoms. The molecule has 0 radical (unpaired) electrons. The van der Waals surface area contributed by atoms with E-state index in [4.69, 9.17) is 9.47 Å². The third kappa shape index (κ3) is 2.51. The Morgan fingerprint density at radius 1 is 1.33 bits per heavy atom. The smallest absolute Gasteiger partial charge is 0.320 e. The van der Waals surface area contributed by atoms with Crippen LogP contribution in [0.3, 0.4) is 0 Å². The van der Waals surface area contributed by atoms with Gasteiger partial charge in [-0.05, 0) is 37.0 Å². The highest BCUT2D eigenvalue weighted by atomic mass is 16.5. The second-order valence-corrected chi connectivity index (χ2v) is 6.71. The molecule has 2 heterocycles. The highest BCUT2D eigenvalue weighted by Crippen LogP contribution is 2.48. The Morgan fingerprint density at radius 2 is 2.12 bits per heavy atom. The first kappa shape index (κ1) is 17.0. The summed E-state index contributed by atoms with van der Waals surface area (Å²) in [6.45, 7) is 2.63. The number of ketones is 1. The number of Topliss-reactive ketones (excluding diaryl/α,β-unsaturated/α-hetero) is 1. The number of ether oxygens (including phenoxy) is 2. The van der Waals surface area contributed by atoms with Gasteiger partial charge in [-0.2, -0.15) is 0 Å². The van der Waals surface area contributed by atoms with E-state index in [-0.39, 0.29) is 23.8 Å². The van der Waals surface area contributed by atoms with E-state index in [2.05, 4.69) is 11.0 Å². The van der Waals surface area contributed by atoms with E-state index in [9.17, 15) is 9.59 Å². The van der Waals surface area contributed by atoms with E-state index >= 15 is 0 Å². The number of benzene rings is 1. The zero-order valence-corrected chi connectivity index (χ0v) is 14.6. The molecule has 3 atom stereocenters. The Labute approximate surface area is 142 Å². The lowest BCUT2D eigenvalue weighted by atomic mass is 9.70. The number of nitrogens with zero attached hydrogens (tertiary/aromatic N) is 1. The summed E-state index contributed by atoms with van der Waals surface area (Å²) in [6.07, 6.45) is 2.75. The van der Waals surface area contributed by atoms with E-state index < -0.39 is 5.41 Å². The van der Waals surface area contributed by atoms with Gasteiger partial charge in [0, 0.05) is 25.0 Å². The van der Waals surface area contributed by atoms with Crippen LogP contribution in [-0.4, -0.2) is 43.0 Å². The largest absolute Gasteiger partial charge is 0.497 e. The van der Waals surface area contributed by atoms with Gasteiger partial charge in [0.1, 0.15) is 11.2 Å². The van der Waals surface area contributed by atoms with Gasteiger partial charge in [-0.3, -0.25) is 14.5 Å². The van der Waals surface area contributed by atoms with Crippen molar-refractivity contribution < 1.29 is 19.1 Å². The van der Waals surface area contributed by atoms with Gasteiger partial charge in [-0.25, -0.2) is 0 Å². The van der Waals surface area contributed by atoms with Gasteiger partial charge in [0.2, 0.25) is 0 Å². The average molecular weight is 331 g/mol. The molecule has 0 aliphatic carbocycles. The van der Waals surface area contributed by atoms with Crippen LogP contribution in [-0.2, 0) is 20.9 Å². The monoisotopic (exact) mass is 331 g/mol. The van der Waals surface area contributed by atoms with Gasteiger partial charge in [-0.15, -0.1) is 0 Å². The molecule has 1 aromatic rings. The zero-order chi connectivity index (χ0) is 17.3. The Morgan fingerprint density at radius 3 is 2.79 bits per heavy atom. The molecule has 3 rings (SSSR count). The van der Waals surface area contributed by atoms with Gasteiger partial charge in [0.15, 0.2) is 5.78 Å². The fourth-order valence-corrected chi connectivity index (χ4v) is 4.50. The predicted molar refractivity (Wildman–Crippen MR) is 89.7 cm³/mol. The summed E-state index contributed by atoms with van der Waals surface area (Å²) in [5.41, 5.74) is 0.121. The third-order valence-corrected chi connectivity index (χ3v) is 5.74. The molecular weight excluding hydrogens is 306 g/mol. The van der Waals surface area contributed by atoms with Crippen molar-refractivity contribution in [3.63, 3.8) is 0 Å². The van der Waals surface area contributed by atoms with E-state index in [0.717, 1.165) is 30.7 Å². The van der Waals surface area contributed by atoms with Crippen molar-refractivity contribution in [1.29, 1.82) is 0 Å². The number of carbonyl (C=O) groups excluding carboxylic acids is 2. The Bertz CT molecular complexity index is 644. The number of fused-ring (bicyclic) bond motifs is 2. The van der Waals surface area contributed by atoms with Crippen LogP contribution >= 0.6 is 0 Å². The lowest BCUT2D eigenvalue weighted by Gasteiger charge is -2.45. The second kappa shape index (κ2) is 6.55. The number of rotatable bonds is 5. The van der Waals surface area contributed by atoms with Crippen molar-refractivity contribution >= 4 is 11.8 Å². The van der Waals surface area contributed by atoms with Crippen molar-refractivity contribution in [3.8, 4) is 5.75 Å². The summed E-state index contributed by atoms with van der Waals surface area (Å²) >= 11 is 0. The van der Waals surface area contributed by atoms with Gasteiger partial charge >= 0.3 is 5.97 Å². The van der Waals surface area contributed by atoms with Crippen LogP contribution in [0.5, 0.6) is 5.75 Å². The van der Waals surface area contributed by atoms with Gasteiger partial charge in [0.25, 0.3) is 0 Å². The highest BCUT2D eigenvalue weighted by molar-refractivity contribution is 6.05. The quantitative estimate of drug-likeness (QED) is 0.613. The molecule has 2 fully saturated rings. The molecule has 1 aromatic carbocycles. The van der Waals surface area contributed by atoms with Crippen molar-refractivity contribution in [2.75, 3.05) is 14.2 Å². The van der Waals surface area contributed by atoms with Crippen molar-refractivity contribution in [2.24, 2.45) is 5.41 Å². The molecule has 5 nitrogen and oxygen atoms in total. The van der Waals surface area contributed by atoms with Crippen molar-refractivity contribution in [2.45, 2.75) is 51.2 Å². The molecule has 2 aliphatic heterocycles. The van der Waals surface area contributed by atoms with Crippen LogP contribution in [0.4, 0.5) is 0 Å². The standard InChI is InChI=1S/C19H25NO4/c1-4-19(18(22)24-3)16-9-8-14(11-17(19)21)20(16)12-13-6-5-7-15(10-13)23-2/h5-7,10,14,16H,4,8-9,11-12H2,1-3H3. The molecule has 0 aromatic heterocycles. The fourth-order valence-electron chi connectivity index (χ4n) is 4.50. The lowest BCUT2D eigenvalue weighted by Crippen LogP contribution is -2.59. The highest BCUT2D eigenvalue weighted by Gasteiger charge is 2.60. The van der Waals surface area contributed by atoms with Gasteiger partial charge in [-0.1, -0.05) is 19.1 Å². The van der Waals surface area contributed by atoms with E-state index in [1.54, 1.807) is 7.11 Å². The topological polar surface area (TPSA) is 55.8 Å². The minimum atomic E-state index is -1.01. The average Bonchev–Trinajstić information content (AvgIpc) is 2.91. The summed E-state index contributed by atoms with van der Waals surface area (Å²) in [7, 11) is 3.03. The van der Waals surface area contributed by atoms with Crippen LogP contribution < -0.4 is 4.74 Å². The number of carbonyl (C=O) groups is 2. The molecule has 3 unspecified atom stereocenters. The molecule has 2 saturated heterocycles. The summed E-state index contributed by atoms with van der Waals surface area (Å²) < 4.78 is 10.3. The normalized spacial score (nSPS) is 29.5. The maximum absolute atomic E-state index is 12.8. The first-order chi connectivity index (χ1) is 11.6. The first-order valence-electron chi connectivity index (χ1n) is 8.57. The molecule has 0 amide bonds. The van der Waals surface area contributed by atoms with Crippen LogP contribution in [0.1, 0.15) is 38.2 Å². The summed E-state index contributed by atoms with van der Waals surface area (Å²) in [5.74, 6) is 0.491. The maximum Gasteiger partial charge on any atom is 0.320 e. The molecule has 0 saturated carbocycles. The minimum absolute atomic E-state index is 0.0474. The summed E-state index contributed by atoms with van der Waals surface area (Å²) in [6, 6.07) is 8.11. The second-order valence-electron chi connectivity index (χ2n) is 6.71. The van der Waals surface area contributed by atoms with Crippen molar-refractivity contribution in [1.82, 2.24) is 4.90 Å². The van der Waals surface area contributed by atoms with Crippen LogP contribution in [0.15, 0.2) is 24.3 Å². The van der Waals surface area contributed by atoms with E-state index in [1.807, 2.05) is 25.1 Å². The van der Waals surface area contributed by atoms with Crippen molar-refractivity contribution in [3.05, 3.63) is 29.8 Å². The fraction of sp³-hybridized carbons (Fsp3) is 0.579. The number of esters is 1. The molecule has 130 valence electrons. The third-order valence-electron chi connectivity index (χ3n) is 5.74. The van der Waals surface area contributed by atoms with Crippen LogP contribution in [0.2, 0.25) is 0 Å². The van der Waals surface area contributed by atoms with Gasteiger partial charge < -0.3 is 9.47 Å². The van der Waals surface area contributed by atoms with Gasteiger partial charge in [0.05, 0.1) is 14.2 Å². The molecule has 2 aliphatic rings. The first-order valence-corrected chi connectivity index (χ1v) is 8.57. The summed E-state index contributed by atoms with van der Waals surface area (Å²) in [4.78, 5) is 27.6. The lowest BCUT2D eigenvalue weighted by molar-refractivity contribution is -0.167. The molecule has 0 spiro atoms. The number of piperidine rings is 1. The predicted octanol–water partition coefficient (Wildman–Crippen LogP) is 2.57. The SMILES string of the molecule is CCC1(C(=O)OC)C(=O)CC2CCC1N2Cc1cccc(OC)c1. The maximum atomic E-state index is 12.8. The number of hydrogen-bond acceptors (Lipinski definition) is 5. The number of methoxy groups -OCH3 is 2. The van der Waals surface area contributed by atoms with E-state index in [0.29, 0.717) is 12.8 Å². The Balaban J connectivity index is 1.92. The molecular formula is C19H25NO4. The molecule has 24 heavy (non-hydrogen) atoms. The Kier molecular flexibility index (Phi) is 4.63. The van der Waals surface area contributed by atoms with Crippen LogP contribution in [0, 0.1) is 5.41 Å². The zero-order valence-electron chi connectivity index (χ0n) is 14.6. The number of hydrogen-bond donors (Lipinski definition) is 0. The molecule has 0 N–H and O–H groups in total. The van der Waals surface area contributed by atoms with E-state index in [1.165, 1.54) is 7.11 Å². The molecule has 5 heteroatoms. The summed E-state index contributed by atoms with van der Waals surface area (Å²) in [5, 5.41) is 0. The van der Waals surface area contributed by atoms with Crippen LogP contribution in [0.25, 0.3) is 0 Å². The Hall–Kier alpha value is -1.88. The minimum Gasteiger partial charge on any atom is -0.497 e.